The van der Waals surface area contributed by atoms with E-state index in [0.29, 0.717) is 11.5 Å². The summed E-state index contributed by atoms with van der Waals surface area (Å²) in [6.45, 7) is 3.84. The zero-order valence-electron chi connectivity index (χ0n) is 11.1. The highest BCUT2D eigenvalue weighted by Crippen LogP contribution is 2.44. The standard InChI is InChI=1S/C14H15O4P.ClH/c1-11-3-7-13(8-4-11)17-19(15,16)18-14-9-5-12(2)6-10-14;/h3-10H,1-2H3,(H,15,16);1H. The summed E-state index contributed by atoms with van der Waals surface area (Å²) in [6, 6.07) is 13.7. The van der Waals surface area contributed by atoms with Crippen LogP contribution in [-0.2, 0) is 4.57 Å². The molecule has 0 saturated carbocycles. The summed E-state index contributed by atoms with van der Waals surface area (Å²) in [6.07, 6.45) is 0. The summed E-state index contributed by atoms with van der Waals surface area (Å²) in [5, 5.41) is 0. The number of aryl methyl sites for hydroxylation is 2. The van der Waals surface area contributed by atoms with Crippen LogP contribution in [-0.4, -0.2) is 4.89 Å². The first kappa shape index (κ1) is 16.6. The van der Waals surface area contributed by atoms with E-state index in [4.69, 9.17) is 9.05 Å². The molecule has 0 aliphatic heterocycles. The minimum Gasteiger partial charge on any atom is -0.395 e. The predicted molar refractivity (Wildman–Crippen MR) is 80.7 cm³/mol. The second kappa shape index (κ2) is 6.80. The topological polar surface area (TPSA) is 55.8 Å². The number of hydrogen-bond donors (Lipinski definition) is 1. The average Bonchev–Trinajstić information content (AvgIpc) is 2.34. The summed E-state index contributed by atoms with van der Waals surface area (Å²) in [5.74, 6) is 0.590. The molecule has 0 fully saturated rings. The summed E-state index contributed by atoms with van der Waals surface area (Å²) >= 11 is 0. The normalized spacial score (nSPS) is 10.6. The van der Waals surface area contributed by atoms with Crippen molar-refractivity contribution < 1.29 is 18.5 Å². The number of phosphoric ester groups is 1. The lowest BCUT2D eigenvalue weighted by molar-refractivity contribution is 0.291. The molecule has 108 valence electrons. The molecular formula is C14H16ClO4P. The van der Waals surface area contributed by atoms with E-state index >= 15 is 0 Å². The highest BCUT2D eigenvalue weighted by molar-refractivity contribution is 7.48. The van der Waals surface area contributed by atoms with Crippen LogP contribution in [0.15, 0.2) is 48.5 Å². The summed E-state index contributed by atoms with van der Waals surface area (Å²) < 4.78 is 21.8. The maximum absolute atomic E-state index is 11.8. The zero-order valence-corrected chi connectivity index (χ0v) is 12.9. The van der Waals surface area contributed by atoms with E-state index in [2.05, 4.69) is 0 Å². The number of halogens is 1. The Morgan fingerprint density at radius 2 is 1.10 bits per heavy atom. The monoisotopic (exact) mass is 314 g/mol. The average molecular weight is 315 g/mol. The van der Waals surface area contributed by atoms with Gasteiger partial charge in [0.2, 0.25) is 0 Å². The second-order valence-corrected chi connectivity index (χ2v) is 5.58. The van der Waals surface area contributed by atoms with Crippen molar-refractivity contribution in [2.24, 2.45) is 0 Å². The van der Waals surface area contributed by atoms with Crippen molar-refractivity contribution in [1.82, 2.24) is 0 Å². The third kappa shape index (κ3) is 4.89. The second-order valence-electron chi connectivity index (χ2n) is 4.28. The third-order valence-corrected chi connectivity index (χ3v) is 3.37. The molecule has 2 aromatic carbocycles. The van der Waals surface area contributed by atoms with Gasteiger partial charge in [0.15, 0.2) is 0 Å². The van der Waals surface area contributed by atoms with E-state index in [-0.39, 0.29) is 12.4 Å². The molecule has 0 saturated heterocycles. The Hall–Kier alpha value is -1.48. The fourth-order valence-electron chi connectivity index (χ4n) is 1.48. The van der Waals surface area contributed by atoms with Crippen LogP contribution in [0.5, 0.6) is 11.5 Å². The van der Waals surface area contributed by atoms with Gasteiger partial charge in [-0.1, -0.05) is 35.4 Å². The highest BCUT2D eigenvalue weighted by Gasteiger charge is 2.24. The Balaban J connectivity index is 0.00000200. The van der Waals surface area contributed by atoms with Gasteiger partial charge < -0.3 is 9.05 Å². The van der Waals surface area contributed by atoms with Gasteiger partial charge in [-0.05, 0) is 38.1 Å². The molecule has 0 heterocycles. The molecule has 1 N–H and O–H groups in total. The summed E-state index contributed by atoms with van der Waals surface area (Å²) in [5.41, 5.74) is 2.08. The molecule has 0 radical (unpaired) electrons. The SMILES string of the molecule is Cc1ccc(OP(=O)(O)Oc2ccc(C)cc2)cc1.Cl. The van der Waals surface area contributed by atoms with Gasteiger partial charge in [-0.2, -0.15) is 0 Å². The van der Waals surface area contributed by atoms with Gasteiger partial charge in [0.1, 0.15) is 11.5 Å². The van der Waals surface area contributed by atoms with Crippen molar-refractivity contribution in [3.63, 3.8) is 0 Å². The lowest BCUT2D eigenvalue weighted by Gasteiger charge is -2.13. The van der Waals surface area contributed by atoms with Crippen LogP contribution in [0.4, 0.5) is 0 Å². The van der Waals surface area contributed by atoms with Crippen molar-refractivity contribution in [3.8, 4) is 11.5 Å². The van der Waals surface area contributed by atoms with Gasteiger partial charge in [-0.25, -0.2) is 4.57 Å². The van der Waals surface area contributed by atoms with Gasteiger partial charge >= 0.3 is 7.82 Å². The Labute approximate surface area is 124 Å². The summed E-state index contributed by atoms with van der Waals surface area (Å²) in [7, 11) is -4.17. The molecule has 2 rings (SSSR count). The van der Waals surface area contributed by atoms with Crippen molar-refractivity contribution in [2.45, 2.75) is 13.8 Å². The lowest BCUT2D eigenvalue weighted by Crippen LogP contribution is -1.99. The highest BCUT2D eigenvalue weighted by atomic mass is 35.5. The lowest BCUT2D eigenvalue weighted by atomic mass is 10.2. The molecule has 0 aliphatic rings. The molecule has 20 heavy (non-hydrogen) atoms. The van der Waals surface area contributed by atoms with Crippen LogP contribution in [0.2, 0.25) is 0 Å². The van der Waals surface area contributed by atoms with Crippen LogP contribution in [0.25, 0.3) is 0 Å². The van der Waals surface area contributed by atoms with Crippen molar-refractivity contribution in [2.75, 3.05) is 0 Å². The molecule has 0 aliphatic carbocycles. The van der Waals surface area contributed by atoms with Gasteiger partial charge in [-0.15, -0.1) is 12.4 Å². The van der Waals surface area contributed by atoms with E-state index < -0.39 is 7.82 Å². The minimum atomic E-state index is -4.17. The zero-order chi connectivity index (χ0) is 13.9. The van der Waals surface area contributed by atoms with Gasteiger partial charge in [0.25, 0.3) is 0 Å². The van der Waals surface area contributed by atoms with Crippen molar-refractivity contribution >= 4 is 20.2 Å². The van der Waals surface area contributed by atoms with Gasteiger partial charge in [0, 0.05) is 0 Å². The third-order valence-electron chi connectivity index (χ3n) is 2.48. The molecule has 0 spiro atoms. The van der Waals surface area contributed by atoms with Crippen LogP contribution in [0.3, 0.4) is 0 Å². The van der Waals surface area contributed by atoms with Crippen molar-refractivity contribution in [1.29, 1.82) is 0 Å². The van der Waals surface area contributed by atoms with Gasteiger partial charge in [-0.3, -0.25) is 4.89 Å². The molecule has 0 atom stereocenters. The van der Waals surface area contributed by atoms with E-state index in [0.717, 1.165) is 11.1 Å². The van der Waals surface area contributed by atoms with Crippen LogP contribution in [0.1, 0.15) is 11.1 Å². The Bertz CT molecular complexity index is 544. The summed E-state index contributed by atoms with van der Waals surface area (Å²) in [4.78, 5) is 9.67. The fourth-order valence-corrected chi connectivity index (χ4v) is 2.30. The van der Waals surface area contributed by atoms with E-state index in [1.807, 2.05) is 13.8 Å². The fraction of sp³-hybridized carbons (Fsp3) is 0.143. The molecule has 0 unspecified atom stereocenters. The molecule has 2 aromatic rings. The molecule has 0 aromatic heterocycles. The minimum absolute atomic E-state index is 0. The molecule has 0 amide bonds. The quantitative estimate of drug-likeness (QED) is 0.856. The number of hydrogen-bond acceptors (Lipinski definition) is 3. The maximum Gasteiger partial charge on any atom is 0.584 e. The smallest absolute Gasteiger partial charge is 0.395 e. The van der Waals surface area contributed by atoms with E-state index in [1.165, 1.54) is 0 Å². The number of rotatable bonds is 4. The molecular weight excluding hydrogens is 299 g/mol. The van der Waals surface area contributed by atoms with Gasteiger partial charge in [0.05, 0.1) is 0 Å². The number of phosphoric acid groups is 1. The van der Waals surface area contributed by atoms with Crippen LogP contribution < -0.4 is 9.05 Å². The molecule has 0 bridgehead atoms. The van der Waals surface area contributed by atoms with Crippen LogP contribution in [0, 0.1) is 13.8 Å². The Morgan fingerprint density at radius 1 is 0.800 bits per heavy atom. The largest absolute Gasteiger partial charge is 0.584 e. The van der Waals surface area contributed by atoms with Crippen LogP contribution >= 0.6 is 20.2 Å². The maximum atomic E-state index is 11.8. The Morgan fingerprint density at radius 3 is 1.40 bits per heavy atom. The first-order valence-corrected chi connectivity index (χ1v) is 7.29. The number of benzene rings is 2. The van der Waals surface area contributed by atoms with E-state index in [9.17, 15) is 9.46 Å². The van der Waals surface area contributed by atoms with Crippen molar-refractivity contribution in [3.05, 3.63) is 59.7 Å². The molecule has 6 heteroatoms. The Kier molecular flexibility index (Phi) is 5.63. The first-order chi connectivity index (χ1) is 8.94. The predicted octanol–water partition coefficient (Wildman–Crippen LogP) is 4.28. The van der Waals surface area contributed by atoms with E-state index in [1.54, 1.807) is 48.5 Å². The first-order valence-electron chi connectivity index (χ1n) is 5.80. The molecule has 4 nitrogen and oxygen atoms in total.